The molecule has 1 aliphatic heterocycles. The lowest BCUT2D eigenvalue weighted by molar-refractivity contribution is 0.275. The number of fused-ring (bicyclic) bond motifs is 2. The Bertz CT molecular complexity index is 620. The number of hydrogen-bond acceptors (Lipinski definition) is 4. The van der Waals surface area contributed by atoms with Gasteiger partial charge in [-0.3, -0.25) is 0 Å². The number of aromatic nitrogens is 4. The first kappa shape index (κ1) is 12.1. The highest BCUT2D eigenvalue weighted by Crippen LogP contribution is 2.40. The van der Waals surface area contributed by atoms with Crippen LogP contribution in [0.15, 0.2) is 12.7 Å². The van der Waals surface area contributed by atoms with Crippen LogP contribution in [0.25, 0.3) is 11.2 Å². The molecular weight excluding hydrogens is 250 g/mol. The maximum atomic E-state index is 4.55. The molecule has 106 valence electrons. The Morgan fingerprint density at radius 2 is 2.05 bits per heavy atom. The van der Waals surface area contributed by atoms with Gasteiger partial charge in [0, 0.05) is 19.1 Å². The van der Waals surface area contributed by atoms with E-state index in [1.807, 2.05) is 6.33 Å². The zero-order chi connectivity index (χ0) is 13.5. The molecule has 2 aromatic rings. The quantitative estimate of drug-likeness (QED) is 0.842. The number of anilines is 1. The van der Waals surface area contributed by atoms with Gasteiger partial charge in [-0.2, -0.15) is 0 Å². The van der Waals surface area contributed by atoms with Crippen LogP contribution in [0.3, 0.4) is 0 Å². The minimum atomic E-state index is 0.683. The lowest BCUT2D eigenvalue weighted by Gasteiger charge is -2.48. The molecule has 2 atom stereocenters. The van der Waals surface area contributed by atoms with Crippen LogP contribution in [0.2, 0.25) is 0 Å². The van der Waals surface area contributed by atoms with Crippen LogP contribution < -0.4 is 4.90 Å². The molecule has 20 heavy (non-hydrogen) atoms. The van der Waals surface area contributed by atoms with Crippen LogP contribution >= 0.6 is 0 Å². The summed E-state index contributed by atoms with van der Waals surface area (Å²) in [5.74, 6) is 1.92. The van der Waals surface area contributed by atoms with Crippen molar-refractivity contribution < 1.29 is 0 Å². The van der Waals surface area contributed by atoms with Gasteiger partial charge in [-0.25, -0.2) is 15.0 Å². The second-order valence-electron chi connectivity index (χ2n) is 6.02. The average Bonchev–Trinajstić information content (AvgIpc) is 2.79. The van der Waals surface area contributed by atoms with Gasteiger partial charge in [0.25, 0.3) is 0 Å². The van der Waals surface area contributed by atoms with Crippen molar-refractivity contribution in [1.82, 2.24) is 19.5 Å². The van der Waals surface area contributed by atoms with Crippen LogP contribution in [0.4, 0.5) is 5.82 Å². The van der Waals surface area contributed by atoms with Gasteiger partial charge in [0.15, 0.2) is 17.0 Å². The Morgan fingerprint density at radius 1 is 1.15 bits per heavy atom. The molecule has 2 unspecified atom stereocenters. The molecule has 0 amide bonds. The summed E-state index contributed by atoms with van der Waals surface area (Å²) >= 11 is 0. The van der Waals surface area contributed by atoms with Crippen molar-refractivity contribution in [3.63, 3.8) is 0 Å². The van der Waals surface area contributed by atoms with Gasteiger partial charge in [0.05, 0.1) is 6.33 Å². The predicted octanol–water partition coefficient (Wildman–Crippen LogP) is 2.62. The van der Waals surface area contributed by atoms with Crippen molar-refractivity contribution in [2.24, 2.45) is 5.92 Å². The van der Waals surface area contributed by atoms with Crippen molar-refractivity contribution in [3.05, 3.63) is 12.7 Å². The van der Waals surface area contributed by atoms with Crippen LogP contribution in [-0.2, 0) is 6.54 Å². The largest absolute Gasteiger partial charge is 0.351 e. The molecular formula is C15H21N5. The van der Waals surface area contributed by atoms with Gasteiger partial charge in [-0.15, -0.1) is 0 Å². The summed E-state index contributed by atoms with van der Waals surface area (Å²) in [7, 11) is 0. The number of imidazole rings is 1. The third-order valence-electron chi connectivity index (χ3n) is 4.95. The molecule has 2 aliphatic rings. The maximum Gasteiger partial charge on any atom is 0.165 e. The van der Waals surface area contributed by atoms with E-state index in [4.69, 9.17) is 0 Å². The Morgan fingerprint density at radius 3 is 2.95 bits per heavy atom. The molecule has 3 heterocycles. The van der Waals surface area contributed by atoms with Crippen molar-refractivity contribution in [2.75, 3.05) is 11.4 Å². The molecule has 0 bridgehead atoms. The molecule has 0 aromatic carbocycles. The highest BCUT2D eigenvalue weighted by molar-refractivity contribution is 5.84. The standard InChI is InChI=1S/C15H21N5/c1-2-19-10-18-13-14(19)16-9-17-15(13)20-8-11-6-4-3-5-7-12(11)20/h9-12H,2-8H2,1H3. The minimum absolute atomic E-state index is 0.683. The first-order valence-electron chi connectivity index (χ1n) is 7.81. The van der Waals surface area contributed by atoms with E-state index in [1.54, 1.807) is 6.33 Å². The Balaban J connectivity index is 1.70. The first-order chi connectivity index (χ1) is 9.88. The molecule has 0 radical (unpaired) electrons. The maximum absolute atomic E-state index is 4.55. The molecule has 0 N–H and O–H groups in total. The summed E-state index contributed by atoms with van der Waals surface area (Å²) in [6.45, 7) is 4.17. The fourth-order valence-electron chi connectivity index (χ4n) is 3.79. The van der Waals surface area contributed by atoms with Crippen LogP contribution in [0.1, 0.15) is 39.0 Å². The number of nitrogens with zero attached hydrogens (tertiary/aromatic N) is 5. The van der Waals surface area contributed by atoms with Gasteiger partial charge in [-0.1, -0.05) is 19.3 Å². The van der Waals surface area contributed by atoms with Crippen LogP contribution in [-0.4, -0.2) is 32.1 Å². The molecule has 4 rings (SSSR count). The van der Waals surface area contributed by atoms with E-state index in [9.17, 15) is 0 Å². The molecule has 5 heteroatoms. The zero-order valence-electron chi connectivity index (χ0n) is 12.0. The SMILES string of the molecule is CCn1cnc2c(N3CC4CCCCCC43)ncnc21. The van der Waals surface area contributed by atoms with E-state index >= 15 is 0 Å². The molecule has 2 fully saturated rings. The van der Waals surface area contributed by atoms with Gasteiger partial charge in [-0.05, 0) is 25.7 Å². The Labute approximate surface area is 119 Å². The number of aryl methyl sites for hydroxylation is 1. The summed E-state index contributed by atoms with van der Waals surface area (Å²) in [5.41, 5.74) is 1.94. The third kappa shape index (κ3) is 1.72. The minimum Gasteiger partial charge on any atom is -0.351 e. The Hall–Kier alpha value is -1.65. The van der Waals surface area contributed by atoms with Crippen molar-refractivity contribution >= 4 is 17.0 Å². The molecule has 1 saturated heterocycles. The monoisotopic (exact) mass is 271 g/mol. The number of rotatable bonds is 2. The zero-order valence-corrected chi connectivity index (χ0v) is 12.0. The Kier molecular flexibility index (Phi) is 2.86. The summed E-state index contributed by atoms with van der Waals surface area (Å²) in [6, 6.07) is 0.683. The van der Waals surface area contributed by atoms with Gasteiger partial charge >= 0.3 is 0 Å². The van der Waals surface area contributed by atoms with Crippen LogP contribution in [0.5, 0.6) is 0 Å². The smallest absolute Gasteiger partial charge is 0.165 e. The fourth-order valence-corrected chi connectivity index (χ4v) is 3.79. The summed E-state index contributed by atoms with van der Waals surface area (Å²) in [4.78, 5) is 16.0. The van der Waals surface area contributed by atoms with Crippen molar-refractivity contribution in [1.29, 1.82) is 0 Å². The van der Waals surface area contributed by atoms with E-state index in [0.29, 0.717) is 6.04 Å². The average molecular weight is 271 g/mol. The highest BCUT2D eigenvalue weighted by atomic mass is 15.3. The van der Waals surface area contributed by atoms with E-state index in [1.165, 1.54) is 32.1 Å². The first-order valence-corrected chi connectivity index (χ1v) is 7.81. The van der Waals surface area contributed by atoms with Crippen molar-refractivity contribution in [2.45, 2.75) is 51.6 Å². The van der Waals surface area contributed by atoms with Crippen LogP contribution in [0, 0.1) is 5.92 Å². The van der Waals surface area contributed by atoms with E-state index in [2.05, 4.69) is 31.3 Å². The lowest BCUT2D eigenvalue weighted by atomic mass is 9.84. The molecule has 0 spiro atoms. The van der Waals surface area contributed by atoms with Gasteiger partial charge in [0.2, 0.25) is 0 Å². The summed E-state index contributed by atoms with van der Waals surface area (Å²) < 4.78 is 2.09. The summed E-state index contributed by atoms with van der Waals surface area (Å²) in [6.07, 6.45) is 10.4. The molecule has 5 nitrogen and oxygen atoms in total. The predicted molar refractivity (Wildman–Crippen MR) is 78.7 cm³/mol. The second kappa shape index (κ2) is 4.72. The summed E-state index contributed by atoms with van der Waals surface area (Å²) in [5, 5.41) is 0. The third-order valence-corrected chi connectivity index (χ3v) is 4.95. The highest BCUT2D eigenvalue weighted by Gasteiger charge is 2.40. The topological polar surface area (TPSA) is 46.8 Å². The van der Waals surface area contributed by atoms with E-state index in [0.717, 1.165) is 36.0 Å². The van der Waals surface area contributed by atoms with Crippen molar-refractivity contribution in [3.8, 4) is 0 Å². The molecule has 1 aliphatic carbocycles. The van der Waals surface area contributed by atoms with Gasteiger partial charge < -0.3 is 9.47 Å². The second-order valence-corrected chi connectivity index (χ2v) is 6.02. The number of hydrogen-bond donors (Lipinski definition) is 0. The normalized spacial score (nSPS) is 26.1. The fraction of sp³-hybridized carbons (Fsp3) is 0.667. The molecule has 2 aromatic heterocycles. The van der Waals surface area contributed by atoms with E-state index < -0.39 is 0 Å². The van der Waals surface area contributed by atoms with E-state index in [-0.39, 0.29) is 0 Å². The van der Waals surface area contributed by atoms with Gasteiger partial charge in [0.1, 0.15) is 6.33 Å². The lowest BCUT2D eigenvalue weighted by Crippen LogP contribution is -2.56. The molecule has 1 saturated carbocycles.